The maximum Gasteiger partial charge on any atom is 0.331 e. The van der Waals surface area contributed by atoms with Crippen LogP contribution in [0.25, 0.3) is 0 Å². The quantitative estimate of drug-likeness (QED) is 0.334. The van der Waals surface area contributed by atoms with Crippen molar-refractivity contribution in [2.75, 3.05) is 65.6 Å². The standard InChI is InChI=1S/C20H28N4O8/c1-15(25)21-5-9-23(10-6-21)17(27)13-31-19(29)3-4-20(30)32-14-18(28)24-11-7-22(8-12-24)16(2)26/h3-4H,5-14H2,1-2H3. The molecule has 2 rings (SSSR count). The molecule has 2 aliphatic rings. The highest BCUT2D eigenvalue weighted by Gasteiger charge is 2.24. The van der Waals surface area contributed by atoms with Crippen molar-refractivity contribution >= 4 is 35.6 Å². The van der Waals surface area contributed by atoms with Gasteiger partial charge in [-0.05, 0) is 0 Å². The van der Waals surface area contributed by atoms with Gasteiger partial charge in [0.2, 0.25) is 11.8 Å². The molecule has 12 heteroatoms. The molecule has 0 radical (unpaired) electrons. The minimum absolute atomic E-state index is 0.0576. The van der Waals surface area contributed by atoms with Gasteiger partial charge in [0.15, 0.2) is 13.2 Å². The summed E-state index contributed by atoms with van der Waals surface area (Å²) in [5, 5.41) is 0. The van der Waals surface area contributed by atoms with Crippen LogP contribution in [0.1, 0.15) is 13.8 Å². The second kappa shape index (κ2) is 11.8. The van der Waals surface area contributed by atoms with E-state index in [4.69, 9.17) is 9.47 Å². The van der Waals surface area contributed by atoms with Gasteiger partial charge in [0.25, 0.3) is 11.8 Å². The van der Waals surface area contributed by atoms with Crippen LogP contribution in [-0.2, 0) is 38.2 Å². The van der Waals surface area contributed by atoms with Crippen LogP contribution in [0.3, 0.4) is 0 Å². The van der Waals surface area contributed by atoms with Crippen molar-refractivity contribution in [1.29, 1.82) is 0 Å². The van der Waals surface area contributed by atoms with Crippen molar-refractivity contribution in [2.45, 2.75) is 13.8 Å². The van der Waals surface area contributed by atoms with Crippen LogP contribution in [0.5, 0.6) is 0 Å². The molecule has 0 bridgehead atoms. The average molecular weight is 452 g/mol. The summed E-state index contributed by atoms with van der Waals surface area (Å²) >= 11 is 0. The van der Waals surface area contributed by atoms with Crippen molar-refractivity contribution in [3.8, 4) is 0 Å². The molecule has 2 saturated heterocycles. The average Bonchev–Trinajstić information content (AvgIpc) is 2.79. The predicted molar refractivity (Wildman–Crippen MR) is 109 cm³/mol. The second-order valence-corrected chi connectivity index (χ2v) is 7.32. The molecule has 0 aromatic heterocycles. The predicted octanol–water partition coefficient (Wildman–Crippen LogP) is -1.99. The summed E-state index contributed by atoms with van der Waals surface area (Å²) < 4.78 is 9.64. The lowest BCUT2D eigenvalue weighted by Crippen LogP contribution is -2.51. The monoisotopic (exact) mass is 452 g/mol. The van der Waals surface area contributed by atoms with Gasteiger partial charge in [-0.15, -0.1) is 0 Å². The third-order valence-electron chi connectivity index (χ3n) is 5.19. The van der Waals surface area contributed by atoms with Gasteiger partial charge in [-0.3, -0.25) is 19.2 Å². The van der Waals surface area contributed by atoms with Crippen molar-refractivity contribution in [3.05, 3.63) is 12.2 Å². The van der Waals surface area contributed by atoms with Crippen molar-refractivity contribution in [1.82, 2.24) is 19.6 Å². The molecule has 0 aromatic rings. The molecule has 4 amide bonds. The summed E-state index contributed by atoms with van der Waals surface area (Å²) in [6, 6.07) is 0. The topological polar surface area (TPSA) is 134 Å². The fourth-order valence-corrected chi connectivity index (χ4v) is 3.22. The summed E-state index contributed by atoms with van der Waals surface area (Å²) in [4.78, 5) is 76.4. The van der Waals surface area contributed by atoms with Crippen LogP contribution in [-0.4, -0.2) is 121 Å². The highest BCUT2D eigenvalue weighted by molar-refractivity contribution is 5.93. The number of amides is 4. The lowest BCUT2D eigenvalue weighted by molar-refractivity contribution is -0.150. The number of nitrogens with zero attached hydrogens (tertiary/aromatic N) is 4. The Kier molecular flexibility index (Phi) is 9.17. The zero-order valence-electron chi connectivity index (χ0n) is 18.3. The van der Waals surface area contributed by atoms with Gasteiger partial charge < -0.3 is 29.1 Å². The van der Waals surface area contributed by atoms with Gasteiger partial charge in [-0.25, -0.2) is 9.59 Å². The lowest BCUT2D eigenvalue weighted by atomic mass is 10.3. The number of hydrogen-bond donors (Lipinski definition) is 0. The van der Waals surface area contributed by atoms with E-state index in [0.29, 0.717) is 52.4 Å². The fourth-order valence-electron chi connectivity index (χ4n) is 3.22. The molecule has 0 N–H and O–H groups in total. The van der Waals surface area contributed by atoms with E-state index in [1.54, 1.807) is 9.80 Å². The van der Waals surface area contributed by atoms with Gasteiger partial charge in [0.1, 0.15) is 0 Å². The first-order chi connectivity index (χ1) is 15.2. The number of piperazine rings is 2. The van der Waals surface area contributed by atoms with Gasteiger partial charge in [0.05, 0.1) is 0 Å². The zero-order chi connectivity index (χ0) is 23.7. The third-order valence-corrected chi connectivity index (χ3v) is 5.19. The fraction of sp³-hybridized carbons (Fsp3) is 0.600. The molecular weight excluding hydrogens is 424 g/mol. The van der Waals surface area contributed by atoms with E-state index in [1.807, 2.05) is 0 Å². The second-order valence-electron chi connectivity index (χ2n) is 7.32. The normalized spacial score (nSPS) is 16.7. The summed E-state index contributed by atoms with van der Waals surface area (Å²) in [6.07, 6.45) is 1.64. The number of esters is 2. The largest absolute Gasteiger partial charge is 0.452 e. The van der Waals surface area contributed by atoms with Gasteiger partial charge in [-0.2, -0.15) is 0 Å². The van der Waals surface area contributed by atoms with E-state index in [-0.39, 0.29) is 11.8 Å². The minimum Gasteiger partial charge on any atom is -0.452 e. The van der Waals surface area contributed by atoms with Crippen LogP contribution >= 0.6 is 0 Å². The van der Waals surface area contributed by atoms with E-state index in [2.05, 4.69) is 0 Å². The molecule has 12 nitrogen and oxygen atoms in total. The first-order valence-corrected chi connectivity index (χ1v) is 10.3. The van der Waals surface area contributed by atoms with Gasteiger partial charge >= 0.3 is 11.9 Å². The number of ether oxygens (including phenoxy) is 2. The first-order valence-electron chi connectivity index (χ1n) is 10.3. The van der Waals surface area contributed by atoms with Gasteiger partial charge in [-0.1, -0.05) is 0 Å². The Morgan fingerprint density at radius 3 is 1.12 bits per heavy atom. The van der Waals surface area contributed by atoms with Crippen LogP contribution in [0.15, 0.2) is 12.2 Å². The molecule has 32 heavy (non-hydrogen) atoms. The molecule has 0 spiro atoms. The highest BCUT2D eigenvalue weighted by Crippen LogP contribution is 2.04. The minimum atomic E-state index is -0.899. The molecular formula is C20H28N4O8. The summed E-state index contributed by atoms with van der Waals surface area (Å²) in [6.45, 7) is 5.08. The number of rotatable bonds is 6. The van der Waals surface area contributed by atoms with Crippen LogP contribution < -0.4 is 0 Å². The third kappa shape index (κ3) is 7.67. The molecule has 0 aromatic carbocycles. The molecule has 2 heterocycles. The van der Waals surface area contributed by atoms with Crippen molar-refractivity contribution in [2.24, 2.45) is 0 Å². The Labute approximate surface area is 185 Å². The SMILES string of the molecule is CC(=O)N1CCN(C(=O)COC(=O)C=CC(=O)OCC(=O)N2CCN(C(C)=O)CC2)CC1. The van der Waals surface area contributed by atoms with Crippen LogP contribution in [0.2, 0.25) is 0 Å². The number of carbonyl (C=O) groups is 6. The summed E-state index contributed by atoms with van der Waals surface area (Å²) in [7, 11) is 0. The molecule has 0 unspecified atom stereocenters. The van der Waals surface area contributed by atoms with Gasteiger partial charge in [0, 0.05) is 78.4 Å². The van der Waals surface area contributed by atoms with Crippen molar-refractivity contribution in [3.63, 3.8) is 0 Å². The van der Waals surface area contributed by atoms with Crippen LogP contribution in [0.4, 0.5) is 0 Å². The lowest BCUT2D eigenvalue weighted by Gasteiger charge is -2.34. The number of hydrogen-bond acceptors (Lipinski definition) is 8. The molecule has 2 fully saturated rings. The van der Waals surface area contributed by atoms with E-state index < -0.39 is 37.0 Å². The van der Waals surface area contributed by atoms with E-state index in [9.17, 15) is 28.8 Å². The first kappa shape index (κ1) is 24.8. The smallest absolute Gasteiger partial charge is 0.331 e. The van der Waals surface area contributed by atoms with E-state index >= 15 is 0 Å². The molecule has 0 aliphatic carbocycles. The highest BCUT2D eigenvalue weighted by atomic mass is 16.5. The molecule has 2 aliphatic heterocycles. The van der Waals surface area contributed by atoms with Crippen LogP contribution in [0, 0.1) is 0 Å². The molecule has 176 valence electrons. The zero-order valence-corrected chi connectivity index (χ0v) is 18.3. The maximum atomic E-state index is 12.1. The summed E-state index contributed by atoms with van der Waals surface area (Å²) in [5.41, 5.74) is 0. The Bertz CT molecular complexity index is 716. The summed E-state index contributed by atoms with van der Waals surface area (Å²) in [5.74, 6) is -2.70. The molecule has 0 saturated carbocycles. The Morgan fingerprint density at radius 1 is 0.562 bits per heavy atom. The van der Waals surface area contributed by atoms with E-state index in [0.717, 1.165) is 12.2 Å². The van der Waals surface area contributed by atoms with Crippen molar-refractivity contribution < 1.29 is 38.2 Å². The Hall–Kier alpha value is -3.44. The Morgan fingerprint density at radius 2 is 0.844 bits per heavy atom. The Balaban J connectivity index is 1.63. The molecule has 0 atom stereocenters. The maximum absolute atomic E-state index is 12.1. The van der Waals surface area contributed by atoms with E-state index in [1.165, 1.54) is 23.6 Å². The number of carbonyl (C=O) groups excluding carboxylic acids is 6.